The second-order valence-electron chi connectivity index (χ2n) is 7.76. The fraction of sp³-hybridized carbons (Fsp3) is 0.160. The van der Waals surface area contributed by atoms with E-state index in [4.69, 9.17) is 8.71 Å². The summed E-state index contributed by atoms with van der Waals surface area (Å²) in [4.78, 5) is 15.9. The van der Waals surface area contributed by atoms with Crippen molar-refractivity contribution in [3.8, 4) is 34.0 Å². The van der Waals surface area contributed by atoms with Gasteiger partial charge in [0.05, 0.1) is 25.5 Å². The second-order valence-corrected chi connectivity index (χ2v) is 9.41. The Morgan fingerprint density at radius 1 is 1.03 bits per heavy atom. The van der Waals surface area contributed by atoms with Crippen molar-refractivity contribution < 1.29 is 31.0 Å². The minimum Gasteiger partial charge on any atom is -0.465 e. The summed E-state index contributed by atoms with van der Waals surface area (Å²) >= 11 is 0. The van der Waals surface area contributed by atoms with Gasteiger partial charge in [-0.2, -0.15) is 13.4 Å². The molecule has 0 atom stereocenters. The molecule has 1 heterocycles. The molecule has 0 fully saturated rings. The average Bonchev–Trinajstić information content (AvgIpc) is 3.32. The van der Waals surface area contributed by atoms with Gasteiger partial charge in [-0.25, -0.2) is 9.18 Å². The Morgan fingerprint density at radius 2 is 1.77 bits per heavy atom. The predicted octanol–water partition coefficient (Wildman–Crippen LogP) is 4.78. The Morgan fingerprint density at radius 3 is 2.46 bits per heavy atom. The first kappa shape index (κ1) is 24.2. The Bertz CT molecular complexity index is 1510. The summed E-state index contributed by atoms with van der Waals surface area (Å²) in [6, 6.07) is 16.9. The van der Waals surface area contributed by atoms with Gasteiger partial charge in [0.1, 0.15) is 5.82 Å². The van der Waals surface area contributed by atoms with Gasteiger partial charge < -0.3 is 9.26 Å². The van der Waals surface area contributed by atoms with Gasteiger partial charge in [0.25, 0.3) is 16.0 Å². The number of carbonyl (C=O) groups excluding carboxylic acids is 1. The summed E-state index contributed by atoms with van der Waals surface area (Å²) in [5.41, 5.74) is 3.98. The van der Waals surface area contributed by atoms with E-state index in [0.29, 0.717) is 16.7 Å². The summed E-state index contributed by atoms with van der Waals surface area (Å²) in [5, 5.41) is 3.91. The number of hydrogen-bond donors (Lipinski definition) is 0. The summed E-state index contributed by atoms with van der Waals surface area (Å²) in [5.74, 6) is -1.30. The monoisotopic (exact) mass is 496 g/mol. The molecule has 35 heavy (non-hydrogen) atoms. The van der Waals surface area contributed by atoms with Crippen LogP contribution in [0.4, 0.5) is 4.39 Å². The first-order valence-electron chi connectivity index (χ1n) is 10.4. The zero-order valence-corrected chi connectivity index (χ0v) is 19.9. The zero-order valence-electron chi connectivity index (χ0n) is 19.1. The van der Waals surface area contributed by atoms with E-state index < -0.39 is 21.9 Å². The molecule has 0 radical (unpaired) electrons. The van der Waals surface area contributed by atoms with Crippen LogP contribution >= 0.6 is 0 Å². The maximum absolute atomic E-state index is 14.3. The second kappa shape index (κ2) is 9.77. The van der Waals surface area contributed by atoms with Gasteiger partial charge in [-0.1, -0.05) is 35.5 Å². The molecule has 0 spiro atoms. The van der Waals surface area contributed by atoms with Crippen LogP contribution in [0.3, 0.4) is 0 Å². The molecule has 0 saturated carbocycles. The van der Waals surface area contributed by atoms with Gasteiger partial charge in [0, 0.05) is 11.1 Å². The zero-order chi connectivity index (χ0) is 25.2. The van der Waals surface area contributed by atoms with Crippen molar-refractivity contribution in [1.29, 1.82) is 0 Å². The average molecular weight is 497 g/mol. The van der Waals surface area contributed by atoms with Gasteiger partial charge in [-0.05, 0) is 59.5 Å². The molecule has 0 saturated heterocycles. The number of ether oxygens (including phenoxy) is 1. The summed E-state index contributed by atoms with van der Waals surface area (Å²) in [6.07, 6.45) is 0.985. The van der Waals surface area contributed by atoms with E-state index in [-0.39, 0.29) is 23.9 Å². The van der Waals surface area contributed by atoms with Gasteiger partial charge in [0.2, 0.25) is 5.82 Å². The highest BCUT2D eigenvalue weighted by Gasteiger charge is 2.18. The quantitative estimate of drug-likeness (QED) is 0.266. The van der Waals surface area contributed by atoms with Crippen molar-refractivity contribution >= 4 is 16.1 Å². The van der Waals surface area contributed by atoms with Crippen molar-refractivity contribution in [3.05, 3.63) is 83.2 Å². The Kier molecular flexibility index (Phi) is 6.77. The van der Waals surface area contributed by atoms with Crippen molar-refractivity contribution in [2.75, 3.05) is 13.4 Å². The van der Waals surface area contributed by atoms with Gasteiger partial charge in [0.15, 0.2) is 0 Å². The fourth-order valence-corrected chi connectivity index (χ4v) is 3.88. The van der Waals surface area contributed by atoms with Crippen LogP contribution < -0.4 is 0 Å². The molecule has 0 aliphatic heterocycles. The molecule has 8 nitrogen and oxygen atoms in total. The maximum atomic E-state index is 14.3. The number of aromatic nitrogens is 2. The van der Waals surface area contributed by atoms with Crippen molar-refractivity contribution in [2.45, 2.75) is 13.5 Å². The van der Waals surface area contributed by atoms with E-state index >= 15 is 0 Å². The van der Waals surface area contributed by atoms with Crippen molar-refractivity contribution in [3.63, 3.8) is 0 Å². The van der Waals surface area contributed by atoms with Crippen LogP contribution in [0.1, 0.15) is 21.5 Å². The lowest BCUT2D eigenvalue weighted by Gasteiger charge is -2.13. The molecule has 4 rings (SSSR count). The summed E-state index contributed by atoms with van der Waals surface area (Å²) in [7, 11) is -2.51. The number of aryl methyl sites for hydroxylation is 1. The lowest BCUT2D eigenvalue weighted by Crippen LogP contribution is -2.04. The number of carbonyl (C=O) groups is 1. The highest BCUT2D eigenvalue weighted by molar-refractivity contribution is 7.85. The molecule has 0 N–H and O–H groups in total. The standard InChI is InChI=1S/C25H21FN2O6S/c1-15-6-4-5-7-19(15)20-10-9-17(12-18(20)14-33-35(3,30)31)24-27-23(28-34-24)16-8-11-21(22(26)13-16)25(29)32-2/h4-13H,14H2,1-3H3. The minimum atomic E-state index is -3.68. The molecule has 3 aromatic carbocycles. The van der Waals surface area contributed by atoms with Gasteiger partial charge in [-0.15, -0.1) is 0 Å². The van der Waals surface area contributed by atoms with Crippen LogP contribution in [-0.4, -0.2) is 37.9 Å². The SMILES string of the molecule is COC(=O)c1ccc(-c2noc(-c3ccc(-c4ccccc4C)c(COS(C)(=O)=O)c3)n2)cc1F. The largest absolute Gasteiger partial charge is 0.465 e. The van der Waals surface area contributed by atoms with E-state index in [1.54, 1.807) is 12.1 Å². The highest BCUT2D eigenvalue weighted by atomic mass is 32.2. The number of methoxy groups -OCH3 is 1. The number of esters is 1. The highest BCUT2D eigenvalue weighted by Crippen LogP contribution is 2.32. The minimum absolute atomic E-state index is 0.118. The topological polar surface area (TPSA) is 109 Å². The molecule has 4 aromatic rings. The van der Waals surface area contributed by atoms with Gasteiger partial charge >= 0.3 is 5.97 Å². The number of halogens is 1. The molecule has 0 aliphatic rings. The van der Waals surface area contributed by atoms with Gasteiger partial charge in [-0.3, -0.25) is 4.18 Å². The number of rotatable bonds is 7. The van der Waals surface area contributed by atoms with E-state index in [2.05, 4.69) is 14.9 Å². The van der Waals surface area contributed by atoms with E-state index in [1.165, 1.54) is 19.2 Å². The lowest BCUT2D eigenvalue weighted by molar-refractivity contribution is 0.0595. The molecule has 1 aromatic heterocycles. The first-order valence-corrected chi connectivity index (χ1v) is 12.2. The fourth-order valence-electron chi connectivity index (χ4n) is 3.54. The van der Waals surface area contributed by atoms with E-state index in [9.17, 15) is 17.6 Å². The molecular formula is C25H21FN2O6S. The Labute approximate surface area is 201 Å². The third kappa shape index (κ3) is 5.44. The molecule has 0 unspecified atom stereocenters. The Hall–Kier alpha value is -3.89. The van der Waals surface area contributed by atoms with Crippen molar-refractivity contribution in [2.24, 2.45) is 0 Å². The third-order valence-corrected chi connectivity index (χ3v) is 5.82. The van der Waals surface area contributed by atoms with E-state index in [1.807, 2.05) is 37.3 Å². The predicted molar refractivity (Wildman–Crippen MR) is 126 cm³/mol. The van der Waals surface area contributed by atoms with Crippen LogP contribution in [0.5, 0.6) is 0 Å². The van der Waals surface area contributed by atoms with E-state index in [0.717, 1.165) is 29.0 Å². The lowest BCUT2D eigenvalue weighted by atomic mass is 9.95. The normalized spacial score (nSPS) is 11.4. The molecule has 0 bridgehead atoms. The number of hydrogen-bond acceptors (Lipinski definition) is 8. The smallest absolute Gasteiger partial charge is 0.340 e. The molecule has 10 heteroatoms. The van der Waals surface area contributed by atoms with Crippen LogP contribution in [0, 0.1) is 12.7 Å². The Balaban J connectivity index is 1.71. The summed E-state index contributed by atoms with van der Waals surface area (Å²) < 4.78 is 52.6. The van der Waals surface area contributed by atoms with Crippen LogP contribution in [0.15, 0.2) is 65.2 Å². The molecule has 180 valence electrons. The maximum Gasteiger partial charge on any atom is 0.340 e. The summed E-state index contributed by atoms with van der Waals surface area (Å²) in [6.45, 7) is 1.77. The number of nitrogens with zero attached hydrogens (tertiary/aromatic N) is 2. The first-order chi connectivity index (χ1) is 16.7. The van der Waals surface area contributed by atoms with Crippen LogP contribution in [0.2, 0.25) is 0 Å². The molecular weight excluding hydrogens is 475 g/mol. The molecule has 0 amide bonds. The third-order valence-electron chi connectivity index (χ3n) is 5.27. The molecule has 0 aliphatic carbocycles. The van der Waals surface area contributed by atoms with Crippen molar-refractivity contribution in [1.82, 2.24) is 10.1 Å². The van der Waals surface area contributed by atoms with Crippen LogP contribution in [-0.2, 0) is 25.6 Å². The number of benzene rings is 3. The van der Waals surface area contributed by atoms with Crippen LogP contribution in [0.25, 0.3) is 34.0 Å².